The highest BCUT2D eigenvalue weighted by Gasteiger charge is 2.16. The van der Waals surface area contributed by atoms with E-state index in [9.17, 15) is 9.90 Å². The number of nitrogens with zero attached hydrogens (tertiary/aromatic N) is 2. The van der Waals surface area contributed by atoms with Gasteiger partial charge in [-0.2, -0.15) is 0 Å². The van der Waals surface area contributed by atoms with Crippen LogP contribution >= 0.6 is 0 Å². The van der Waals surface area contributed by atoms with Crippen LogP contribution in [0.15, 0.2) is 66.9 Å². The van der Waals surface area contributed by atoms with Crippen LogP contribution in [0.4, 0.5) is 5.82 Å². The monoisotopic (exact) mass is 416 g/mol. The molecule has 0 unspecified atom stereocenters. The molecular weight excluding hydrogens is 392 g/mol. The number of aliphatic hydroxyl groups is 1. The second kappa shape index (κ2) is 9.51. The number of hydrogen-bond donors (Lipinski definition) is 3. The van der Waals surface area contributed by atoms with Crippen molar-refractivity contribution in [3.05, 3.63) is 83.7 Å². The second-order valence-corrected chi connectivity index (χ2v) is 7.24. The molecule has 158 valence electrons. The van der Waals surface area contributed by atoms with Crippen LogP contribution in [0.1, 0.15) is 34.1 Å². The zero-order valence-corrected chi connectivity index (χ0v) is 17.0. The molecule has 1 aliphatic heterocycles. The molecule has 1 atom stereocenters. The first-order chi connectivity index (χ1) is 15.2. The van der Waals surface area contributed by atoms with E-state index in [2.05, 4.69) is 10.3 Å². The number of carbonyl (C=O) groups excluding carboxylic acids is 1. The summed E-state index contributed by atoms with van der Waals surface area (Å²) in [4.78, 5) is 21.7. The molecule has 31 heavy (non-hydrogen) atoms. The molecule has 0 bridgehead atoms. The Balaban J connectivity index is 1.53. The van der Waals surface area contributed by atoms with Crippen molar-refractivity contribution in [3.8, 4) is 11.3 Å². The number of anilines is 1. The van der Waals surface area contributed by atoms with Gasteiger partial charge in [0.25, 0.3) is 5.91 Å². The first-order valence-electron chi connectivity index (χ1n) is 10.1. The first kappa shape index (κ1) is 20.7. The van der Waals surface area contributed by atoms with E-state index in [1.165, 1.54) is 0 Å². The normalized spacial score (nSPS) is 14.5. The van der Waals surface area contributed by atoms with Gasteiger partial charge in [-0.3, -0.25) is 4.79 Å². The Kier molecular flexibility index (Phi) is 6.35. The zero-order chi connectivity index (χ0) is 21.6. The number of nitrogen functional groups attached to an aromatic ring is 1. The van der Waals surface area contributed by atoms with Crippen molar-refractivity contribution in [1.82, 2.24) is 15.3 Å². The summed E-state index contributed by atoms with van der Waals surface area (Å²) >= 11 is 0. The van der Waals surface area contributed by atoms with E-state index < -0.39 is 6.04 Å². The van der Waals surface area contributed by atoms with Gasteiger partial charge in [-0.05, 0) is 29.7 Å². The molecule has 4 N–H and O–H groups in total. The lowest BCUT2D eigenvalue weighted by molar-refractivity contribution is 0.0916. The van der Waals surface area contributed by atoms with Crippen LogP contribution in [-0.4, -0.2) is 40.8 Å². The molecular formula is C24H24N4O3. The number of carbonyl (C=O) groups is 1. The van der Waals surface area contributed by atoms with Crippen LogP contribution in [0.3, 0.4) is 0 Å². The van der Waals surface area contributed by atoms with Crippen molar-refractivity contribution < 1.29 is 14.6 Å². The van der Waals surface area contributed by atoms with Crippen molar-refractivity contribution in [2.75, 3.05) is 25.6 Å². The van der Waals surface area contributed by atoms with Gasteiger partial charge in [0.2, 0.25) is 0 Å². The van der Waals surface area contributed by atoms with Crippen LogP contribution in [0.5, 0.6) is 0 Å². The Morgan fingerprint density at radius 3 is 2.61 bits per heavy atom. The first-order valence-corrected chi connectivity index (χ1v) is 10.1. The van der Waals surface area contributed by atoms with E-state index in [4.69, 9.17) is 15.5 Å². The van der Waals surface area contributed by atoms with Crippen LogP contribution < -0.4 is 11.1 Å². The molecule has 2 heterocycles. The Bertz CT molecular complexity index is 1080. The fourth-order valence-electron chi connectivity index (χ4n) is 3.47. The smallest absolute Gasteiger partial charge is 0.251 e. The van der Waals surface area contributed by atoms with Gasteiger partial charge in [0.05, 0.1) is 37.8 Å². The van der Waals surface area contributed by atoms with E-state index in [1.54, 1.807) is 30.5 Å². The Morgan fingerprint density at radius 1 is 1.16 bits per heavy atom. The lowest BCUT2D eigenvalue weighted by Gasteiger charge is -2.17. The maximum Gasteiger partial charge on any atom is 0.251 e. The van der Waals surface area contributed by atoms with E-state index in [1.807, 2.05) is 36.4 Å². The molecule has 4 rings (SSSR count). The van der Waals surface area contributed by atoms with Gasteiger partial charge in [0.1, 0.15) is 11.5 Å². The van der Waals surface area contributed by atoms with Crippen LogP contribution in [0, 0.1) is 0 Å². The van der Waals surface area contributed by atoms with Crippen molar-refractivity contribution in [2.24, 2.45) is 0 Å². The van der Waals surface area contributed by atoms with Gasteiger partial charge in [0, 0.05) is 11.1 Å². The summed E-state index contributed by atoms with van der Waals surface area (Å²) < 4.78 is 5.36. The summed E-state index contributed by atoms with van der Waals surface area (Å²) in [5.41, 5.74) is 10.6. The molecule has 0 spiro atoms. The van der Waals surface area contributed by atoms with Crippen LogP contribution in [0.2, 0.25) is 0 Å². The van der Waals surface area contributed by atoms with Crippen molar-refractivity contribution in [1.29, 1.82) is 0 Å². The average molecular weight is 416 g/mol. The lowest BCUT2D eigenvalue weighted by Crippen LogP contribution is -2.30. The number of aliphatic hydroxyl groups excluding tert-OH is 1. The van der Waals surface area contributed by atoms with Gasteiger partial charge < -0.3 is 20.9 Å². The number of ether oxygens (including phenoxy) is 1. The van der Waals surface area contributed by atoms with E-state index in [0.717, 1.165) is 28.8 Å². The van der Waals surface area contributed by atoms with Crippen LogP contribution in [-0.2, 0) is 4.74 Å². The van der Waals surface area contributed by atoms with Gasteiger partial charge in [0.15, 0.2) is 0 Å². The summed E-state index contributed by atoms with van der Waals surface area (Å²) in [6, 6.07) is 15.9. The molecule has 0 saturated carbocycles. The minimum Gasteiger partial charge on any atom is -0.394 e. The maximum atomic E-state index is 12.7. The fourth-order valence-corrected chi connectivity index (χ4v) is 3.47. The highest BCUT2D eigenvalue weighted by Crippen LogP contribution is 2.26. The van der Waals surface area contributed by atoms with Gasteiger partial charge in [-0.1, -0.05) is 48.5 Å². The van der Waals surface area contributed by atoms with Crippen molar-refractivity contribution in [3.63, 3.8) is 0 Å². The number of benzene rings is 2. The standard InChI is InChI=1S/C24H24N4O3/c25-23-22(27-20(14-26-23)17-10-12-31-13-11-17)18-6-8-19(9-7-18)24(30)28-21(15-29)16-4-2-1-3-5-16/h1-10,14,21,29H,11-13,15H2,(H2,25,26)(H,28,30)/t21-/m1/s1. The lowest BCUT2D eigenvalue weighted by atomic mass is 10.0. The predicted molar refractivity (Wildman–Crippen MR) is 119 cm³/mol. The number of amides is 1. The Morgan fingerprint density at radius 2 is 1.94 bits per heavy atom. The molecule has 1 aromatic heterocycles. The number of rotatable bonds is 6. The van der Waals surface area contributed by atoms with Gasteiger partial charge in [-0.25, -0.2) is 9.97 Å². The zero-order valence-electron chi connectivity index (χ0n) is 17.0. The van der Waals surface area contributed by atoms with Gasteiger partial charge >= 0.3 is 0 Å². The molecule has 0 fully saturated rings. The van der Waals surface area contributed by atoms with E-state index in [0.29, 0.717) is 30.3 Å². The molecule has 7 heteroatoms. The number of nitrogens with two attached hydrogens (primary N) is 1. The molecule has 1 aliphatic rings. The molecule has 3 aromatic rings. The summed E-state index contributed by atoms with van der Waals surface area (Å²) in [5.74, 6) is 0.0626. The number of hydrogen-bond acceptors (Lipinski definition) is 6. The van der Waals surface area contributed by atoms with Crippen molar-refractivity contribution in [2.45, 2.75) is 12.5 Å². The molecule has 0 saturated heterocycles. The highest BCUT2D eigenvalue weighted by molar-refractivity contribution is 5.95. The van der Waals surface area contributed by atoms with E-state index in [-0.39, 0.29) is 12.5 Å². The number of aromatic nitrogens is 2. The van der Waals surface area contributed by atoms with E-state index >= 15 is 0 Å². The SMILES string of the molecule is Nc1ncc(C2=CCOCC2)nc1-c1ccc(C(=O)N[C@H](CO)c2ccccc2)cc1. The topological polar surface area (TPSA) is 110 Å². The molecule has 0 radical (unpaired) electrons. The summed E-state index contributed by atoms with van der Waals surface area (Å²) in [7, 11) is 0. The third-order valence-corrected chi connectivity index (χ3v) is 5.20. The fraction of sp³-hybridized carbons (Fsp3) is 0.208. The maximum absolute atomic E-state index is 12.7. The molecule has 7 nitrogen and oxygen atoms in total. The Hall–Kier alpha value is -3.55. The highest BCUT2D eigenvalue weighted by atomic mass is 16.5. The molecule has 0 aliphatic carbocycles. The minimum atomic E-state index is -0.473. The number of nitrogens with one attached hydrogen (secondary N) is 1. The predicted octanol–water partition coefficient (Wildman–Crippen LogP) is 2.99. The van der Waals surface area contributed by atoms with Crippen molar-refractivity contribution >= 4 is 17.3 Å². The average Bonchev–Trinajstić information content (AvgIpc) is 2.84. The summed E-state index contributed by atoms with van der Waals surface area (Å²) in [5, 5.41) is 12.5. The van der Waals surface area contributed by atoms with Crippen LogP contribution in [0.25, 0.3) is 16.8 Å². The third-order valence-electron chi connectivity index (χ3n) is 5.20. The van der Waals surface area contributed by atoms with Gasteiger partial charge in [-0.15, -0.1) is 0 Å². The quantitative estimate of drug-likeness (QED) is 0.570. The molecule has 1 amide bonds. The summed E-state index contributed by atoms with van der Waals surface area (Å²) in [6.07, 6.45) is 4.46. The molecule has 2 aromatic carbocycles. The summed E-state index contributed by atoms with van der Waals surface area (Å²) in [6.45, 7) is 1.04. The minimum absolute atomic E-state index is 0.187. The Labute approximate surface area is 180 Å². The third kappa shape index (κ3) is 4.79. The largest absolute Gasteiger partial charge is 0.394 e. The second-order valence-electron chi connectivity index (χ2n) is 7.24.